The van der Waals surface area contributed by atoms with Gasteiger partial charge in [-0.05, 0) is 53.4 Å². The lowest BCUT2D eigenvalue weighted by molar-refractivity contribution is -0.127. The molecular formula is C26H24N2O4S. The van der Waals surface area contributed by atoms with Crippen molar-refractivity contribution in [3.8, 4) is 5.75 Å². The number of carbonyl (C=O) groups is 3. The second kappa shape index (κ2) is 10.4. The molecule has 1 aliphatic heterocycles. The summed E-state index contributed by atoms with van der Waals surface area (Å²) in [4.78, 5) is 39.1. The Kier molecular flexibility index (Phi) is 7.10. The Morgan fingerprint density at radius 1 is 1.03 bits per heavy atom. The van der Waals surface area contributed by atoms with Crippen LogP contribution in [0, 0.1) is 0 Å². The van der Waals surface area contributed by atoms with Gasteiger partial charge in [-0.2, -0.15) is 0 Å². The molecule has 7 heteroatoms. The Bertz CT molecular complexity index is 1220. The zero-order chi connectivity index (χ0) is 23.2. The molecule has 33 heavy (non-hydrogen) atoms. The molecule has 1 saturated heterocycles. The van der Waals surface area contributed by atoms with Crippen molar-refractivity contribution < 1.29 is 19.1 Å². The third-order valence-electron chi connectivity index (χ3n) is 5.18. The van der Waals surface area contributed by atoms with Crippen LogP contribution in [0.2, 0.25) is 0 Å². The smallest absolute Gasteiger partial charge is 0.294 e. The molecule has 1 heterocycles. The standard InChI is InChI=1S/C26H24N2O4S/c1-2-3-15-32-20-13-11-18(12-14-20)16-23-25(30)28(26(31)33-23)17-24(29)27-22-10-6-8-19-7-4-5-9-21(19)22/h4-14,16H,2-3,15,17H2,1H3,(H,27,29)/b23-16-. The number of fused-ring (bicyclic) bond motifs is 1. The number of thioether (sulfide) groups is 1. The van der Waals surface area contributed by atoms with Gasteiger partial charge in [0.2, 0.25) is 5.91 Å². The number of unbranched alkanes of at least 4 members (excludes halogenated alkanes) is 1. The highest BCUT2D eigenvalue weighted by atomic mass is 32.2. The van der Waals surface area contributed by atoms with E-state index in [1.165, 1.54) is 0 Å². The summed E-state index contributed by atoms with van der Waals surface area (Å²) >= 11 is 0.836. The van der Waals surface area contributed by atoms with Crippen LogP contribution in [0.1, 0.15) is 25.3 Å². The summed E-state index contributed by atoms with van der Waals surface area (Å²) in [5.41, 5.74) is 1.42. The summed E-state index contributed by atoms with van der Waals surface area (Å²) in [6, 6.07) is 20.6. The highest BCUT2D eigenvalue weighted by molar-refractivity contribution is 8.18. The first kappa shape index (κ1) is 22.6. The van der Waals surface area contributed by atoms with Gasteiger partial charge in [0.1, 0.15) is 12.3 Å². The van der Waals surface area contributed by atoms with Gasteiger partial charge in [0.25, 0.3) is 11.1 Å². The number of hydrogen-bond donors (Lipinski definition) is 1. The molecule has 3 aromatic rings. The lowest BCUT2D eigenvalue weighted by Gasteiger charge is -2.13. The Morgan fingerprint density at radius 3 is 2.58 bits per heavy atom. The molecule has 0 spiro atoms. The zero-order valence-corrected chi connectivity index (χ0v) is 19.1. The maximum Gasteiger partial charge on any atom is 0.294 e. The molecule has 6 nitrogen and oxygen atoms in total. The lowest BCUT2D eigenvalue weighted by Crippen LogP contribution is -2.36. The largest absolute Gasteiger partial charge is 0.494 e. The van der Waals surface area contributed by atoms with Crippen molar-refractivity contribution in [3.63, 3.8) is 0 Å². The first-order valence-corrected chi connectivity index (χ1v) is 11.6. The number of amides is 3. The van der Waals surface area contributed by atoms with Crippen molar-refractivity contribution in [1.82, 2.24) is 4.90 Å². The fourth-order valence-electron chi connectivity index (χ4n) is 3.45. The van der Waals surface area contributed by atoms with Gasteiger partial charge >= 0.3 is 0 Å². The van der Waals surface area contributed by atoms with Crippen molar-refractivity contribution in [2.75, 3.05) is 18.5 Å². The average Bonchev–Trinajstić information content (AvgIpc) is 3.08. The number of ether oxygens (including phenoxy) is 1. The Labute approximate surface area is 196 Å². The van der Waals surface area contributed by atoms with Crippen LogP contribution >= 0.6 is 11.8 Å². The Balaban J connectivity index is 1.41. The summed E-state index contributed by atoms with van der Waals surface area (Å²) in [5.74, 6) is -0.136. The SMILES string of the molecule is CCCCOc1ccc(/C=C2\SC(=O)N(CC(=O)Nc3cccc4ccccc34)C2=O)cc1. The van der Waals surface area contributed by atoms with E-state index in [2.05, 4.69) is 12.2 Å². The predicted molar refractivity (Wildman–Crippen MR) is 132 cm³/mol. The minimum Gasteiger partial charge on any atom is -0.494 e. The normalized spacial score (nSPS) is 14.8. The number of carbonyl (C=O) groups excluding carboxylic acids is 3. The van der Waals surface area contributed by atoms with E-state index >= 15 is 0 Å². The molecule has 0 radical (unpaired) electrons. The van der Waals surface area contributed by atoms with E-state index in [4.69, 9.17) is 4.74 Å². The molecule has 0 saturated carbocycles. The van der Waals surface area contributed by atoms with Crippen molar-refractivity contribution >= 4 is 51.4 Å². The third kappa shape index (κ3) is 5.43. The van der Waals surface area contributed by atoms with Crippen LogP contribution in [0.25, 0.3) is 16.8 Å². The first-order chi connectivity index (χ1) is 16.0. The number of nitrogens with one attached hydrogen (secondary N) is 1. The van der Waals surface area contributed by atoms with Crippen molar-refractivity contribution in [2.45, 2.75) is 19.8 Å². The summed E-state index contributed by atoms with van der Waals surface area (Å²) in [6.45, 7) is 2.43. The van der Waals surface area contributed by atoms with Gasteiger partial charge < -0.3 is 10.1 Å². The highest BCUT2D eigenvalue weighted by Crippen LogP contribution is 2.32. The second-order valence-corrected chi connectivity index (χ2v) is 8.61. The van der Waals surface area contributed by atoms with Crippen LogP contribution < -0.4 is 10.1 Å². The van der Waals surface area contributed by atoms with Crippen LogP contribution in [-0.2, 0) is 9.59 Å². The van der Waals surface area contributed by atoms with Gasteiger partial charge in [-0.25, -0.2) is 0 Å². The van der Waals surface area contributed by atoms with Crippen molar-refractivity contribution in [2.24, 2.45) is 0 Å². The zero-order valence-electron chi connectivity index (χ0n) is 18.2. The van der Waals surface area contributed by atoms with Gasteiger partial charge in [0, 0.05) is 11.1 Å². The minimum absolute atomic E-state index is 0.289. The van der Waals surface area contributed by atoms with E-state index in [0.717, 1.165) is 51.6 Å². The van der Waals surface area contributed by atoms with Gasteiger partial charge in [-0.15, -0.1) is 0 Å². The molecular weight excluding hydrogens is 436 g/mol. The third-order valence-corrected chi connectivity index (χ3v) is 6.09. The van der Waals surface area contributed by atoms with Crippen LogP contribution in [0.15, 0.2) is 71.6 Å². The van der Waals surface area contributed by atoms with Crippen LogP contribution in [0.5, 0.6) is 5.75 Å². The molecule has 4 rings (SSSR count). The van der Waals surface area contributed by atoms with Crippen LogP contribution in [0.4, 0.5) is 10.5 Å². The minimum atomic E-state index is -0.471. The molecule has 0 aromatic heterocycles. The molecule has 1 fully saturated rings. The van der Waals surface area contributed by atoms with E-state index in [1.807, 2.05) is 60.7 Å². The van der Waals surface area contributed by atoms with Crippen LogP contribution in [-0.4, -0.2) is 35.1 Å². The first-order valence-electron chi connectivity index (χ1n) is 10.8. The van der Waals surface area contributed by atoms with Gasteiger partial charge in [0.15, 0.2) is 0 Å². The highest BCUT2D eigenvalue weighted by Gasteiger charge is 2.36. The number of imide groups is 1. The van der Waals surface area contributed by atoms with Crippen molar-refractivity contribution in [3.05, 3.63) is 77.2 Å². The predicted octanol–water partition coefficient (Wildman–Crippen LogP) is 5.69. The molecule has 168 valence electrons. The summed E-state index contributed by atoms with van der Waals surface area (Å²) in [7, 11) is 0. The number of nitrogens with zero attached hydrogens (tertiary/aromatic N) is 1. The summed E-state index contributed by atoms with van der Waals surface area (Å²) in [6.07, 6.45) is 3.71. The summed E-state index contributed by atoms with van der Waals surface area (Å²) in [5, 5.41) is 4.24. The van der Waals surface area contributed by atoms with E-state index in [0.29, 0.717) is 12.3 Å². The molecule has 0 aliphatic carbocycles. The molecule has 1 aliphatic rings. The second-order valence-electron chi connectivity index (χ2n) is 7.61. The van der Waals surface area contributed by atoms with E-state index in [-0.39, 0.29) is 11.4 Å². The van der Waals surface area contributed by atoms with Gasteiger partial charge in [0.05, 0.1) is 11.5 Å². The molecule has 1 N–H and O–H groups in total. The topological polar surface area (TPSA) is 75.7 Å². The quantitative estimate of drug-likeness (QED) is 0.345. The Morgan fingerprint density at radius 2 is 1.79 bits per heavy atom. The monoisotopic (exact) mass is 460 g/mol. The van der Waals surface area contributed by atoms with Crippen LogP contribution in [0.3, 0.4) is 0 Å². The molecule has 3 aromatic carbocycles. The maximum atomic E-state index is 12.8. The maximum absolute atomic E-state index is 12.8. The molecule has 3 amide bonds. The van der Waals surface area contributed by atoms with E-state index < -0.39 is 17.1 Å². The lowest BCUT2D eigenvalue weighted by atomic mass is 10.1. The van der Waals surface area contributed by atoms with E-state index in [1.54, 1.807) is 12.1 Å². The van der Waals surface area contributed by atoms with E-state index in [9.17, 15) is 14.4 Å². The average molecular weight is 461 g/mol. The molecule has 0 atom stereocenters. The molecule has 0 unspecified atom stereocenters. The van der Waals surface area contributed by atoms with Crippen molar-refractivity contribution in [1.29, 1.82) is 0 Å². The number of anilines is 1. The fraction of sp³-hybridized carbons (Fsp3) is 0.192. The number of rotatable bonds is 8. The summed E-state index contributed by atoms with van der Waals surface area (Å²) < 4.78 is 5.65. The molecule has 0 bridgehead atoms. The Hall–Kier alpha value is -3.58. The van der Waals surface area contributed by atoms with Gasteiger partial charge in [-0.3, -0.25) is 19.3 Å². The van der Waals surface area contributed by atoms with Gasteiger partial charge in [-0.1, -0.05) is 61.9 Å². The number of benzene rings is 3. The number of hydrogen-bond acceptors (Lipinski definition) is 5. The fourth-order valence-corrected chi connectivity index (χ4v) is 4.29.